The van der Waals surface area contributed by atoms with Crippen molar-refractivity contribution in [1.29, 1.82) is 0 Å². The van der Waals surface area contributed by atoms with Crippen molar-refractivity contribution in [2.24, 2.45) is 10.2 Å². The molecule has 0 aliphatic carbocycles. The summed E-state index contributed by atoms with van der Waals surface area (Å²) in [5.41, 5.74) is 19.2. The van der Waals surface area contributed by atoms with Gasteiger partial charge < -0.3 is 18.9 Å². The second kappa shape index (κ2) is 8.39. The van der Waals surface area contributed by atoms with Gasteiger partial charge in [0.1, 0.15) is 0 Å². The van der Waals surface area contributed by atoms with Crippen molar-refractivity contribution >= 4 is 11.4 Å². The van der Waals surface area contributed by atoms with Crippen LogP contribution in [0.1, 0.15) is 0 Å². The largest absolute Gasteiger partial charge is 0.493 e. The summed E-state index contributed by atoms with van der Waals surface area (Å²) in [6, 6.07) is 6.31. The summed E-state index contributed by atoms with van der Waals surface area (Å²) in [6.07, 6.45) is 0. The topological polar surface area (TPSA) is 134 Å². The van der Waals surface area contributed by atoms with Gasteiger partial charge in [0.25, 0.3) is 0 Å². The van der Waals surface area contributed by atoms with Gasteiger partial charge in [0.2, 0.25) is 0 Å². The number of methoxy groups -OCH3 is 4. The molecule has 0 unspecified atom stereocenters. The number of hydrogen-bond acceptors (Lipinski definition) is 6. The number of rotatable bonds is 7. The van der Waals surface area contributed by atoms with Crippen LogP contribution in [-0.2, 0) is 0 Å². The van der Waals surface area contributed by atoms with Gasteiger partial charge in [0, 0.05) is 32.3 Å². The van der Waals surface area contributed by atoms with Crippen molar-refractivity contribution in [2.45, 2.75) is 0 Å². The molecule has 0 bridgehead atoms. The van der Waals surface area contributed by atoms with E-state index in [4.69, 9.17) is 30.0 Å². The monoisotopic (exact) mass is 356 g/mol. The molecule has 10 heteroatoms. The minimum atomic E-state index is 0.315. The van der Waals surface area contributed by atoms with Crippen molar-refractivity contribution < 1.29 is 18.9 Å². The highest BCUT2D eigenvalue weighted by Crippen LogP contribution is 2.48. The Hall–Kier alpha value is -3.74. The van der Waals surface area contributed by atoms with Gasteiger partial charge in [-0.1, -0.05) is 10.2 Å². The van der Waals surface area contributed by atoms with Crippen LogP contribution in [0.3, 0.4) is 0 Å². The molecule has 0 N–H and O–H groups in total. The summed E-state index contributed by atoms with van der Waals surface area (Å²) in [5.74, 6) is 1.51. The number of hydrogen-bond donors (Lipinski definition) is 0. The Kier molecular flexibility index (Phi) is 6.00. The zero-order chi connectivity index (χ0) is 19.1. The van der Waals surface area contributed by atoms with Crippen molar-refractivity contribution in [3.05, 3.63) is 45.2 Å². The lowest BCUT2D eigenvalue weighted by Gasteiger charge is -2.18. The van der Waals surface area contributed by atoms with Gasteiger partial charge in [0.05, 0.1) is 28.4 Å². The van der Waals surface area contributed by atoms with Crippen LogP contribution in [0.5, 0.6) is 23.0 Å². The highest BCUT2D eigenvalue weighted by Gasteiger charge is 2.20. The molecule has 0 aromatic heterocycles. The maximum Gasteiger partial charge on any atom is 0.168 e. The lowest BCUT2D eigenvalue weighted by atomic mass is 10.0. The molecular formula is C16H16N6O4. The fourth-order valence-electron chi connectivity index (χ4n) is 2.52. The van der Waals surface area contributed by atoms with E-state index in [1.807, 2.05) is 0 Å². The summed E-state index contributed by atoms with van der Waals surface area (Å²) < 4.78 is 21.6. The highest BCUT2D eigenvalue weighted by atomic mass is 16.5. The third-order valence-electron chi connectivity index (χ3n) is 3.54. The van der Waals surface area contributed by atoms with Crippen LogP contribution in [0, 0.1) is 0 Å². The molecule has 0 saturated heterocycles. The van der Waals surface area contributed by atoms with Crippen LogP contribution < -0.4 is 18.9 Å². The van der Waals surface area contributed by atoms with Gasteiger partial charge >= 0.3 is 0 Å². The Morgan fingerprint density at radius 3 is 1.31 bits per heavy atom. The van der Waals surface area contributed by atoms with Crippen molar-refractivity contribution in [3.63, 3.8) is 0 Å². The summed E-state index contributed by atoms with van der Waals surface area (Å²) in [6.45, 7) is 0. The zero-order valence-corrected chi connectivity index (χ0v) is 14.6. The molecule has 0 spiro atoms. The minimum absolute atomic E-state index is 0.315. The molecule has 2 aromatic carbocycles. The number of nitrogens with zero attached hydrogens (tertiary/aromatic N) is 6. The van der Waals surface area contributed by atoms with Gasteiger partial charge in [-0.2, -0.15) is 0 Å². The van der Waals surface area contributed by atoms with Gasteiger partial charge in [-0.15, -0.1) is 0 Å². The van der Waals surface area contributed by atoms with Gasteiger partial charge in [-0.25, -0.2) is 0 Å². The second-order valence-corrected chi connectivity index (χ2v) is 4.84. The third-order valence-corrected chi connectivity index (χ3v) is 3.54. The first-order valence-corrected chi connectivity index (χ1v) is 7.26. The molecule has 0 aliphatic rings. The van der Waals surface area contributed by atoms with Crippen LogP contribution in [0.4, 0.5) is 11.4 Å². The Labute approximate surface area is 149 Å². The van der Waals surface area contributed by atoms with Crippen molar-refractivity contribution in [1.82, 2.24) is 0 Å². The highest BCUT2D eigenvalue weighted by molar-refractivity contribution is 5.85. The van der Waals surface area contributed by atoms with E-state index < -0.39 is 0 Å². The molecular weight excluding hydrogens is 340 g/mol. The second-order valence-electron chi connectivity index (χ2n) is 4.84. The van der Waals surface area contributed by atoms with Crippen molar-refractivity contribution in [2.75, 3.05) is 28.4 Å². The van der Waals surface area contributed by atoms with Gasteiger partial charge in [-0.3, -0.25) is 0 Å². The fraction of sp³-hybridized carbons (Fsp3) is 0.250. The fourth-order valence-corrected chi connectivity index (χ4v) is 2.52. The van der Waals surface area contributed by atoms with Crippen LogP contribution in [0.2, 0.25) is 0 Å². The van der Waals surface area contributed by atoms with Crippen molar-refractivity contribution in [3.8, 4) is 34.1 Å². The Balaban J connectivity index is 2.92. The predicted molar refractivity (Wildman–Crippen MR) is 95.7 cm³/mol. The van der Waals surface area contributed by atoms with E-state index in [0.717, 1.165) is 0 Å². The quantitative estimate of drug-likeness (QED) is 0.379. The molecule has 0 amide bonds. The Morgan fingerprint density at radius 2 is 1.04 bits per heavy atom. The van der Waals surface area contributed by atoms with Crippen LogP contribution >= 0.6 is 0 Å². The van der Waals surface area contributed by atoms with Crippen LogP contribution in [-0.4, -0.2) is 28.4 Å². The number of ether oxygens (including phenoxy) is 4. The van der Waals surface area contributed by atoms with E-state index >= 15 is 0 Å². The lowest BCUT2D eigenvalue weighted by Crippen LogP contribution is -1.97. The molecule has 134 valence electrons. The maximum atomic E-state index is 8.75. The molecule has 10 nitrogen and oxygen atoms in total. The summed E-state index contributed by atoms with van der Waals surface area (Å²) in [4.78, 5) is 5.60. The smallest absolute Gasteiger partial charge is 0.168 e. The first kappa shape index (κ1) is 18.6. The average molecular weight is 356 g/mol. The number of benzene rings is 2. The van der Waals surface area contributed by atoms with E-state index in [2.05, 4.69) is 20.1 Å². The summed E-state index contributed by atoms with van der Waals surface area (Å²) in [5, 5.41) is 7.25. The van der Waals surface area contributed by atoms with Gasteiger partial charge in [0.15, 0.2) is 23.0 Å². The Bertz CT molecular complexity index is 842. The summed E-state index contributed by atoms with van der Waals surface area (Å²) in [7, 11) is 5.90. The minimum Gasteiger partial charge on any atom is -0.493 e. The maximum absolute atomic E-state index is 8.75. The van der Waals surface area contributed by atoms with E-state index in [9.17, 15) is 0 Å². The van der Waals surface area contributed by atoms with Gasteiger partial charge in [-0.05, 0) is 35.3 Å². The molecule has 0 atom stereocenters. The van der Waals surface area contributed by atoms with E-state index in [1.165, 1.54) is 28.4 Å². The van der Waals surface area contributed by atoms with E-state index in [0.29, 0.717) is 45.5 Å². The third kappa shape index (κ3) is 3.51. The zero-order valence-electron chi connectivity index (χ0n) is 14.6. The average Bonchev–Trinajstić information content (AvgIpc) is 2.66. The lowest BCUT2D eigenvalue weighted by molar-refractivity contribution is 0.352. The molecule has 26 heavy (non-hydrogen) atoms. The molecule has 0 fully saturated rings. The Morgan fingerprint density at radius 1 is 0.654 bits per heavy atom. The first-order chi connectivity index (χ1) is 12.6. The summed E-state index contributed by atoms with van der Waals surface area (Å²) >= 11 is 0. The molecule has 2 rings (SSSR count). The SMILES string of the molecule is COc1cc(N=[N+]=[N-])cc(-c2cc(N=[N+]=[N-])cc(OC)c2OC)c1OC. The molecule has 0 radical (unpaired) electrons. The molecule has 2 aromatic rings. The molecule has 0 heterocycles. The first-order valence-electron chi connectivity index (χ1n) is 7.26. The van der Waals surface area contributed by atoms with Crippen LogP contribution in [0.25, 0.3) is 32.0 Å². The number of azide groups is 2. The normalized spacial score (nSPS) is 9.54. The van der Waals surface area contributed by atoms with E-state index in [-0.39, 0.29) is 0 Å². The molecule has 0 aliphatic heterocycles. The van der Waals surface area contributed by atoms with E-state index in [1.54, 1.807) is 24.3 Å². The standard InChI is InChI=1S/C16H16N6O4/c1-23-13-7-9(19-21-17)5-11(15(13)25-3)12-6-10(20-22-18)8-14(24-2)16(12)26-4/h5-8H,1-4H3. The van der Waals surface area contributed by atoms with Crippen LogP contribution in [0.15, 0.2) is 34.5 Å². The molecule has 0 saturated carbocycles. The predicted octanol–water partition coefficient (Wildman–Crippen LogP) is 5.27.